The third kappa shape index (κ3) is 2.40. The van der Waals surface area contributed by atoms with Gasteiger partial charge in [0.15, 0.2) is 0 Å². The van der Waals surface area contributed by atoms with Gasteiger partial charge in [-0.25, -0.2) is 0 Å². The summed E-state index contributed by atoms with van der Waals surface area (Å²) in [5, 5.41) is 0. The minimum Gasteiger partial charge on any atom is -0.378 e. The van der Waals surface area contributed by atoms with E-state index in [0.29, 0.717) is 0 Å². The molecule has 2 aliphatic heterocycles. The number of anilines is 2. The van der Waals surface area contributed by atoms with E-state index < -0.39 is 0 Å². The van der Waals surface area contributed by atoms with Crippen molar-refractivity contribution in [3.63, 3.8) is 0 Å². The van der Waals surface area contributed by atoms with Crippen molar-refractivity contribution < 1.29 is 4.74 Å². The average molecular weight is 253 g/mol. The number of rotatable bonds is 2. The van der Waals surface area contributed by atoms with Crippen molar-refractivity contribution in [1.82, 2.24) is 4.98 Å². The number of H-pyrrole nitrogens is 1. The lowest BCUT2D eigenvalue weighted by Crippen LogP contribution is -2.38. The van der Waals surface area contributed by atoms with Gasteiger partial charge in [-0.2, -0.15) is 11.8 Å². The Morgan fingerprint density at radius 3 is 2.59 bits per heavy atom. The number of morpholine rings is 1. The van der Waals surface area contributed by atoms with E-state index in [1.807, 2.05) is 11.8 Å². The van der Waals surface area contributed by atoms with Crippen LogP contribution in [0, 0.1) is 0 Å². The number of thioether (sulfide) groups is 1. The second-order valence-electron chi connectivity index (χ2n) is 4.41. The van der Waals surface area contributed by atoms with E-state index in [9.17, 15) is 0 Å². The highest BCUT2D eigenvalue weighted by atomic mass is 32.2. The Kier molecular flexibility index (Phi) is 3.47. The molecule has 0 aromatic carbocycles. The van der Waals surface area contributed by atoms with Crippen molar-refractivity contribution in [3.05, 3.63) is 12.3 Å². The molecule has 0 amide bonds. The van der Waals surface area contributed by atoms with E-state index in [2.05, 4.69) is 27.0 Å². The van der Waals surface area contributed by atoms with Gasteiger partial charge in [0.05, 0.1) is 18.9 Å². The summed E-state index contributed by atoms with van der Waals surface area (Å²) >= 11 is 2.05. The van der Waals surface area contributed by atoms with Crippen LogP contribution < -0.4 is 9.80 Å². The second-order valence-corrected chi connectivity index (χ2v) is 5.64. The number of hydrogen-bond donors (Lipinski definition) is 1. The second kappa shape index (κ2) is 5.23. The molecule has 17 heavy (non-hydrogen) atoms. The van der Waals surface area contributed by atoms with Crippen LogP contribution in [0.15, 0.2) is 12.3 Å². The molecule has 3 heterocycles. The van der Waals surface area contributed by atoms with Gasteiger partial charge in [-0.1, -0.05) is 0 Å². The molecule has 0 aliphatic carbocycles. The standard InChI is InChI=1S/C12H19N3OS/c1-2-13-12(15-5-9-17-10-6-15)11(1)14-3-7-16-8-4-14/h1-2,13H,3-10H2. The summed E-state index contributed by atoms with van der Waals surface area (Å²) in [5.74, 6) is 3.77. The fourth-order valence-corrected chi connectivity index (χ4v) is 3.36. The number of hydrogen-bond acceptors (Lipinski definition) is 4. The summed E-state index contributed by atoms with van der Waals surface area (Å²) in [4.78, 5) is 8.31. The first-order chi connectivity index (χ1) is 8.45. The SMILES string of the molecule is c1cc(N2CCOCC2)c(N2CCSCC2)[nH]1. The zero-order valence-electron chi connectivity index (χ0n) is 10.0. The molecule has 2 saturated heterocycles. The Hall–Kier alpha value is -0.810. The average Bonchev–Trinajstić information content (AvgIpc) is 2.90. The van der Waals surface area contributed by atoms with Crippen LogP contribution in [0.5, 0.6) is 0 Å². The lowest BCUT2D eigenvalue weighted by Gasteiger charge is -2.33. The van der Waals surface area contributed by atoms with E-state index in [-0.39, 0.29) is 0 Å². The van der Waals surface area contributed by atoms with Gasteiger partial charge in [-0.3, -0.25) is 0 Å². The van der Waals surface area contributed by atoms with Gasteiger partial charge in [0.2, 0.25) is 0 Å². The minimum atomic E-state index is 0.848. The van der Waals surface area contributed by atoms with Gasteiger partial charge in [0.1, 0.15) is 5.82 Å². The quantitative estimate of drug-likeness (QED) is 0.863. The third-order valence-corrected chi connectivity index (χ3v) is 4.33. The molecule has 0 radical (unpaired) electrons. The molecular formula is C12H19N3OS. The Morgan fingerprint density at radius 2 is 1.82 bits per heavy atom. The molecule has 2 aliphatic rings. The van der Waals surface area contributed by atoms with Crippen LogP contribution >= 0.6 is 11.8 Å². The van der Waals surface area contributed by atoms with Crippen LogP contribution in [0.2, 0.25) is 0 Å². The Morgan fingerprint density at radius 1 is 1.06 bits per heavy atom. The summed E-state index contributed by atoms with van der Waals surface area (Å²) in [6.45, 7) is 6.02. The summed E-state index contributed by atoms with van der Waals surface area (Å²) in [5.41, 5.74) is 1.35. The van der Waals surface area contributed by atoms with E-state index in [1.165, 1.54) is 23.0 Å². The lowest BCUT2D eigenvalue weighted by molar-refractivity contribution is 0.123. The molecule has 1 N–H and O–H groups in total. The first kappa shape index (κ1) is 11.3. The van der Waals surface area contributed by atoms with Crippen LogP contribution in [0.25, 0.3) is 0 Å². The van der Waals surface area contributed by atoms with Crippen LogP contribution in [-0.2, 0) is 4.74 Å². The van der Waals surface area contributed by atoms with Gasteiger partial charge in [0.25, 0.3) is 0 Å². The molecule has 1 aromatic rings. The van der Waals surface area contributed by atoms with Crippen LogP contribution in [0.4, 0.5) is 11.5 Å². The van der Waals surface area contributed by atoms with Crippen molar-refractivity contribution in [3.8, 4) is 0 Å². The minimum absolute atomic E-state index is 0.848. The molecule has 5 heteroatoms. The zero-order valence-corrected chi connectivity index (χ0v) is 10.8. The molecule has 0 unspecified atom stereocenters. The van der Waals surface area contributed by atoms with E-state index in [1.54, 1.807) is 0 Å². The highest BCUT2D eigenvalue weighted by Gasteiger charge is 2.20. The van der Waals surface area contributed by atoms with Crippen molar-refractivity contribution >= 4 is 23.3 Å². The molecule has 0 bridgehead atoms. The largest absolute Gasteiger partial charge is 0.378 e. The van der Waals surface area contributed by atoms with Gasteiger partial charge >= 0.3 is 0 Å². The monoisotopic (exact) mass is 253 g/mol. The lowest BCUT2D eigenvalue weighted by atomic mass is 10.3. The molecule has 94 valence electrons. The number of ether oxygens (including phenoxy) is 1. The Labute approximate surface area is 106 Å². The number of nitrogens with one attached hydrogen (secondary N) is 1. The molecule has 4 nitrogen and oxygen atoms in total. The van der Waals surface area contributed by atoms with Crippen molar-refractivity contribution in [2.24, 2.45) is 0 Å². The summed E-state index contributed by atoms with van der Waals surface area (Å²) in [6, 6.07) is 2.20. The maximum absolute atomic E-state index is 5.41. The highest BCUT2D eigenvalue weighted by molar-refractivity contribution is 7.99. The van der Waals surface area contributed by atoms with Gasteiger partial charge in [-0.05, 0) is 6.07 Å². The van der Waals surface area contributed by atoms with Crippen molar-refractivity contribution in [2.45, 2.75) is 0 Å². The number of nitrogens with zero attached hydrogens (tertiary/aromatic N) is 2. The molecular weight excluding hydrogens is 234 g/mol. The summed E-state index contributed by atoms with van der Waals surface area (Å²) in [7, 11) is 0. The highest BCUT2D eigenvalue weighted by Crippen LogP contribution is 2.30. The van der Waals surface area contributed by atoms with Gasteiger partial charge in [0, 0.05) is 43.9 Å². The first-order valence-electron chi connectivity index (χ1n) is 6.28. The fraction of sp³-hybridized carbons (Fsp3) is 0.667. The van der Waals surface area contributed by atoms with Crippen LogP contribution in [0.3, 0.4) is 0 Å². The molecule has 2 fully saturated rings. The van der Waals surface area contributed by atoms with Crippen molar-refractivity contribution in [2.75, 3.05) is 60.7 Å². The maximum atomic E-state index is 5.41. The van der Waals surface area contributed by atoms with Gasteiger partial charge < -0.3 is 19.5 Å². The smallest absolute Gasteiger partial charge is 0.130 e. The van der Waals surface area contributed by atoms with Crippen LogP contribution in [0.1, 0.15) is 0 Å². The first-order valence-corrected chi connectivity index (χ1v) is 7.43. The molecule has 3 rings (SSSR count). The third-order valence-electron chi connectivity index (χ3n) is 3.38. The number of aromatic amines is 1. The topological polar surface area (TPSA) is 31.5 Å². The van der Waals surface area contributed by atoms with E-state index in [4.69, 9.17) is 4.74 Å². The Bertz CT molecular complexity index is 324. The predicted octanol–water partition coefficient (Wildman–Crippen LogP) is 1.40. The molecule has 1 aromatic heterocycles. The Balaban J connectivity index is 1.77. The normalized spacial score (nSPS) is 21.9. The zero-order chi connectivity index (χ0) is 11.5. The fourth-order valence-electron chi connectivity index (χ4n) is 2.45. The summed E-state index contributed by atoms with van der Waals surface area (Å²) < 4.78 is 5.41. The molecule has 0 spiro atoms. The van der Waals surface area contributed by atoms with Crippen LogP contribution in [-0.4, -0.2) is 55.9 Å². The van der Waals surface area contributed by atoms with E-state index in [0.717, 1.165) is 39.4 Å². The van der Waals surface area contributed by atoms with Gasteiger partial charge in [-0.15, -0.1) is 0 Å². The van der Waals surface area contributed by atoms with Crippen molar-refractivity contribution in [1.29, 1.82) is 0 Å². The van der Waals surface area contributed by atoms with E-state index >= 15 is 0 Å². The molecule has 0 atom stereocenters. The molecule has 0 saturated carbocycles. The predicted molar refractivity (Wildman–Crippen MR) is 73.4 cm³/mol. The maximum Gasteiger partial charge on any atom is 0.130 e. The summed E-state index contributed by atoms with van der Waals surface area (Å²) in [6.07, 6.45) is 2.06. The number of aromatic nitrogens is 1.